The lowest BCUT2D eigenvalue weighted by atomic mass is 9.83. The molecule has 11 heteroatoms. The Hall–Kier alpha value is -1.33. The predicted molar refractivity (Wildman–Crippen MR) is 160 cm³/mol. The summed E-state index contributed by atoms with van der Waals surface area (Å²) in [6.07, 6.45) is 1.40. The summed E-state index contributed by atoms with van der Waals surface area (Å²) in [4.78, 5) is 15.0. The van der Waals surface area contributed by atoms with E-state index in [9.17, 15) is 9.90 Å². The van der Waals surface area contributed by atoms with E-state index in [0.717, 1.165) is 18.4 Å². The number of carbonyl (C=O) groups is 1. The van der Waals surface area contributed by atoms with E-state index in [1.54, 1.807) is 14.2 Å². The molecule has 228 valence electrons. The summed E-state index contributed by atoms with van der Waals surface area (Å²) >= 11 is 0. The number of nitrogens with one attached hydrogen (secondary N) is 1. The minimum absolute atomic E-state index is 0. The Labute approximate surface area is 247 Å². The Kier molecular flexibility index (Phi) is 18.3. The predicted octanol–water partition coefficient (Wildman–Crippen LogP) is 3.07. The Morgan fingerprint density at radius 2 is 1.82 bits per heavy atom. The fourth-order valence-corrected chi connectivity index (χ4v) is 4.58. The molecule has 1 saturated heterocycles. The van der Waals surface area contributed by atoms with Crippen molar-refractivity contribution in [3.63, 3.8) is 0 Å². The largest absolute Gasteiger partial charge is 0.493 e. The van der Waals surface area contributed by atoms with Crippen molar-refractivity contribution in [1.29, 1.82) is 0 Å². The normalized spacial score (nSPS) is 16.4. The molecule has 3 atom stereocenters. The summed E-state index contributed by atoms with van der Waals surface area (Å²) in [6.45, 7) is 12.1. The van der Waals surface area contributed by atoms with E-state index in [-0.39, 0.29) is 43.2 Å². The number of ether oxygens (including phenoxy) is 4. The third kappa shape index (κ3) is 12.0. The SMILES string of the molecule is COCCCOc1cc(CC(CC(N)C(O)CNC(=O)C(C)(C)N2CCOCC2)C(C)C)ccc1OC.Cl.Cl. The molecule has 1 fully saturated rings. The number of hydrogen-bond donors (Lipinski definition) is 3. The second kappa shape index (κ2) is 18.9. The summed E-state index contributed by atoms with van der Waals surface area (Å²) in [7, 11) is 3.31. The van der Waals surface area contributed by atoms with Crippen molar-refractivity contribution in [2.24, 2.45) is 17.6 Å². The molecular formula is C28H51Cl2N3O6. The maximum atomic E-state index is 12.9. The molecule has 39 heavy (non-hydrogen) atoms. The molecule has 1 aliphatic rings. The third-order valence-electron chi connectivity index (χ3n) is 7.32. The van der Waals surface area contributed by atoms with Crippen LogP contribution >= 0.6 is 24.8 Å². The van der Waals surface area contributed by atoms with Crippen molar-refractivity contribution in [2.75, 3.05) is 60.3 Å². The smallest absolute Gasteiger partial charge is 0.240 e. The van der Waals surface area contributed by atoms with Gasteiger partial charge in [-0.2, -0.15) is 0 Å². The van der Waals surface area contributed by atoms with Gasteiger partial charge < -0.3 is 35.1 Å². The molecule has 0 aliphatic carbocycles. The maximum Gasteiger partial charge on any atom is 0.240 e. The number of amides is 1. The zero-order valence-electron chi connectivity index (χ0n) is 24.4. The quantitative estimate of drug-likeness (QED) is 0.250. The topological polar surface area (TPSA) is 116 Å². The molecule has 1 aromatic carbocycles. The van der Waals surface area contributed by atoms with Gasteiger partial charge >= 0.3 is 0 Å². The molecule has 0 radical (unpaired) electrons. The van der Waals surface area contributed by atoms with E-state index >= 15 is 0 Å². The Bertz CT molecular complexity index is 824. The van der Waals surface area contributed by atoms with Crippen molar-refractivity contribution in [3.8, 4) is 11.5 Å². The first-order valence-electron chi connectivity index (χ1n) is 13.4. The van der Waals surface area contributed by atoms with E-state index < -0.39 is 17.7 Å². The number of morpholine rings is 1. The maximum absolute atomic E-state index is 12.9. The second-order valence-corrected chi connectivity index (χ2v) is 10.7. The van der Waals surface area contributed by atoms with Crippen LogP contribution in [-0.2, 0) is 20.7 Å². The lowest BCUT2D eigenvalue weighted by Gasteiger charge is -2.39. The van der Waals surface area contributed by atoms with Crippen LogP contribution in [0, 0.1) is 11.8 Å². The van der Waals surface area contributed by atoms with E-state index in [0.29, 0.717) is 63.4 Å². The number of hydrogen-bond acceptors (Lipinski definition) is 8. The summed E-state index contributed by atoms with van der Waals surface area (Å²) in [6, 6.07) is 5.55. The number of nitrogens with zero attached hydrogens (tertiary/aromatic N) is 1. The zero-order chi connectivity index (χ0) is 27.4. The Morgan fingerprint density at radius 1 is 1.15 bits per heavy atom. The van der Waals surface area contributed by atoms with Crippen molar-refractivity contribution >= 4 is 30.7 Å². The first-order valence-corrected chi connectivity index (χ1v) is 13.4. The average Bonchev–Trinajstić information content (AvgIpc) is 2.89. The van der Waals surface area contributed by atoms with E-state index in [1.807, 2.05) is 32.0 Å². The van der Waals surface area contributed by atoms with Crippen molar-refractivity contribution in [2.45, 2.75) is 64.6 Å². The molecule has 0 bridgehead atoms. The highest BCUT2D eigenvalue weighted by Crippen LogP contribution is 2.31. The Balaban J connectivity index is 0.00000722. The molecule has 9 nitrogen and oxygen atoms in total. The van der Waals surface area contributed by atoms with Crippen LogP contribution in [0.2, 0.25) is 0 Å². The van der Waals surface area contributed by atoms with Gasteiger partial charge in [-0.1, -0.05) is 19.9 Å². The summed E-state index contributed by atoms with van der Waals surface area (Å²) < 4.78 is 21.9. The third-order valence-corrected chi connectivity index (χ3v) is 7.32. The molecule has 2 rings (SSSR count). The van der Waals surface area contributed by atoms with Crippen molar-refractivity contribution < 1.29 is 28.8 Å². The highest BCUT2D eigenvalue weighted by molar-refractivity contribution is 5.86. The summed E-state index contributed by atoms with van der Waals surface area (Å²) in [5.41, 5.74) is 6.89. The summed E-state index contributed by atoms with van der Waals surface area (Å²) in [5.74, 6) is 1.91. The van der Waals surface area contributed by atoms with Crippen molar-refractivity contribution in [1.82, 2.24) is 10.2 Å². The number of methoxy groups -OCH3 is 2. The standard InChI is InChI=1S/C28H49N3O6.2ClH/c1-20(2)22(16-21-8-9-25(35-6)26(17-21)37-13-7-12-34-5)18-23(29)24(32)19-30-27(33)28(3,4)31-10-14-36-15-11-31;;/h8-9,17,20,22-24,32H,7,10-16,18-19,29H2,1-6H3,(H,30,33);2*1H. The van der Waals surface area contributed by atoms with Crippen LogP contribution in [0.5, 0.6) is 11.5 Å². The molecule has 1 aromatic rings. The second-order valence-electron chi connectivity index (χ2n) is 10.7. The number of carbonyl (C=O) groups excluding carboxylic acids is 1. The van der Waals surface area contributed by atoms with Gasteiger partial charge in [-0.05, 0) is 56.2 Å². The number of rotatable bonds is 16. The van der Waals surface area contributed by atoms with Gasteiger partial charge in [-0.15, -0.1) is 24.8 Å². The highest BCUT2D eigenvalue weighted by atomic mass is 35.5. The first kappa shape index (κ1) is 37.7. The fourth-order valence-electron chi connectivity index (χ4n) is 4.58. The highest BCUT2D eigenvalue weighted by Gasteiger charge is 2.35. The molecule has 3 unspecified atom stereocenters. The molecule has 1 amide bonds. The number of nitrogens with two attached hydrogens (primary N) is 1. The lowest BCUT2D eigenvalue weighted by molar-refractivity contribution is -0.135. The van der Waals surface area contributed by atoms with Crippen LogP contribution in [0.25, 0.3) is 0 Å². The molecule has 4 N–H and O–H groups in total. The van der Waals surface area contributed by atoms with Crippen LogP contribution in [0.3, 0.4) is 0 Å². The van der Waals surface area contributed by atoms with E-state index in [4.69, 9.17) is 24.7 Å². The average molecular weight is 597 g/mol. The van der Waals surface area contributed by atoms with Gasteiger partial charge in [0.05, 0.1) is 38.6 Å². The molecule has 1 aliphatic heterocycles. The van der Waals surface area contributed by atoms with Gasteiger partial charge in [0.2, 0.25) is 5.91 Å². The van der Waals surface area contributed by atoms with Gasteiger partial charge in [0, 0.05) is 45.8 Å². The summed E-state index contributed by atoms with van der Waals surface area (Å²) in [5, 5.41) is 13.7. The molecule has 0 spiro atoms. The van der Waals surface area contributed by atoms with Gasteiger partial charge in [0.1, 0.15) is 0 Å². The number of benzene rings is 1. The van der Waals surface area contributed by atoms with Crippen LogP contribution in [0.4, 0.5) is 0 Å². The molecular weight excluding hydrogens is 545 g/mol. The number of halogens is 2. The minimum Gasteiger partial charge on any atom is -0.493 e. The minimum atomic E-state index is -0.832. The molecule has 1 heterocycles. The van der Waals surface area contributed by atoms with Crippen LogP contribution in [0.15, 0.2) is 18.2 Å². The van der Waals surface area contributed by atoms with Crippen LogP contribution in [0.1, 0.15) is 46.1 Å². The number of aliphatic hydroxyl groups excluding tert-OH is 1. The Morgan fingerprint density at radius 3 is 2.41 bits per heavy atom. The molecule has 0 saturated carbocycles. The first-order chi connectivity index (χ1) is 17.6. The van der Waals surface area contributed by atoms with Gasteiger partial charge in [-0.3, -0.25) is 9.69 Å². The lowest BCUT2D eigenvalue weighted by Crippen LogP contribution is -2.59. The van der Waals surface area contributed by atoms with Gasteiger partial charge in [-0.25, -0.2) is 0 Å². The zero-order valence-corrected chi connectivity index (χ0v) is 26.1. The van der Waals surface area contributed by atoms with E-state index in [2.05, 4.69) is 24.1 Å². The molecule has 0 aromatic heterocycles. The van der Waals surface area contributed by atoms with Crippen LogP contribution < -0.4 is 20.5 Å². The van der Waals surface area contributed by atoms with Gasteiger partial charge in [0.25, 0.3) is 0 Å². The van der Waals surface area contributed by atoms with Crippen molar-refractivity contribution in [3.05, 3.63) is 23.8 Å². The monoisotopic (exact) mass is 595 g/mol. The number of aliphatic hydroxyl groups is 1. The fraction of sp³-hybridized carbons (Fsp3) is 0.750. The van der Waals surface area contributed by atoms with Crippen LogP contribution in [-0.4, -0.2) is 93.9 Å². The van der Waals surface area contributed by atoms with Gasteiger partial charge in [0.15, 0.2) is 11.5 Å². The van der Waals surface area contributed by atoms with E-state index in [1.165, 1.54) is 0 Å².